The summed E-state index contributed by atoms with van der Waals surface area (Å²) < 4.78 is 1.55. The molecule has 1 aliphatic rings. The van der Waals surface area contributed by atoms with Gasteiger partial charge in [0, 0.05) is 22.3 Å². The standard InChI is InChI=1S/C37H54N2/c1-5-9-13-14-15-17-20-30-25-27-32(28-26-30)36-34(23-12-8-4)35(24-16-10-6-2)37(39(36)38)33-22-18-21-31(29-33)19-11-7-3/h18,21-22,25-29H,5-17,19-20,23-24H2,1-4H3. The van der Waals surface area contributed by atoms with Crippen LogP contribution in [-0.4, -0.2) is 4.70 Å². The molecule has 2 aromatic rings. The second kappa shape index (κ2) is 17.3. The van der Waals surface area contributed by atoms with Gasteiger partial charge in [0.25, 0.3) is 0 Å². The molecular weight excluding hydrogens is 472 g/mol. The van der Waals surface area contributed by atoms with Crippen molar-refractivity contribution < 1.29 is 4.70 Å². The van der Waals surface area contributed by atoms with Gasteiger partial charge in [-0.15, -0.1) is 0 Å². The molecule has 0 aliphatic carbocycles. The summed E-state index contributed by atoms with van der Waals surface area (Å²) in [6, 6.07) is 18.0. The predicted molar refractivity (Wildman–Crippen MR) is 170 cm³/mol. The van der Waals surface area contributed by atoms with Crippen LogP contribution in [0.15, 0.2) is 59.7 Å². The van der Waals surface area contributed by atoms with Gasteiger partial charge < -0.3 is 5.53 Å². The molecule has 0 unspecified atom stereocenters. The van der Waals surface area contributed by atoms with Crippen LogP contribution in [0.4, 0.5) is 0 Å². The Balaban J connectivity index is 1.91. The molecule has 0 atom stereocenters. The first-order valence-corrected chi connectivity index (χ1v) is 16.3. The zero-order valence-corrected chi connectivity index (χ0v) is 25.5. The summed E-state index contributed by atoms with van der Waals surface area (Å²) >= 11 is 0. The highest BCUT2D eigenvalue weighted by Crippen LogP contribution is 2.44. The number of hydrogen-bond donors (Lipinski definition) is 0. The Bertz CT molecular complexity index is 1090. The van der Waals surface area contributed by atoms with E-state index in [1.165, 1.54) is 92.9 Å². The van der Waals surface area contributed by atoms with Crippen LogP contribution in [0.3, 0.4) is 0 Å². The molecule has 0 amide bonds. The fourth-order valence-electron chi connectivity index (χ4n) is 5.88. The molecule has 2 aromatic carbocycles. The van der Waals surface area contributed by atoms with Crippen molar-refractivity contribution in [3.05, 3.63) is 87.5 Å². The molecule has 0 radical (unpaired) electrons. The Morgan fingerprint density at radius 2 is 1.00 bits per heavy atom. The Kier molecular flexibility index (Phi) is 13.7. The van der Waals surface area contributed by atoms with E-state index in [-0.39, 0.29) is 0 Å². The van der Waals surface area contributed by atoms with Crippen LogP contribution < -0.4 is 0 Å². The van der Waals surface area contributed by atoms with Crippen LogP contribution in [0.2, 0.25) is 0 Å². The van der Waals surface area contributed by atoms with E-state index in [9.17, 15) is 5.53 Å². The first kappa shape index (κ1) is 31.1. The zero-order valence-electron chi connectivity index (χ0n) is 25.5. The summed E-state index contributed by atoms with van der Waals surface area (Å²) in [5.74, 6) is 0. The Labute approximate surface area is 240 Å². The molecule has 0 fully saturated rings. The van der Waals surface area contributed by atoms with E-state index in [1.54, 1.807) is 4.70 Å². The molecule has 39 heavy (non-hydrogen) atoms. The maximum absolute atomic E-state index is 11.9. The molecule has 1 heterocycles. The highest BCUT2D eigenvalue weighted by Gasteiger charge is 2.35. The summed E-state index contributed by atoms with van der Waals surface area (Å²) in [6.07, 6.45) is 20.6. The maximum atomic E-state index is 11.9. The third-order valence-corrected chi connectivity index (χ3v) is 8.24. The number of unbranched alkanes of at least 4 members (excludes halogenated alkanes) is 9. The smallest absolute Gasteiger partial charge is 0.211 e. The van der Waals surface area contributed by atoms with Crippen molar-refractivity contribution >= 4 is 11.4 Å². The molecule has 2 nitrogen and oxygen atoms in total. The molecule has 0 spiro atoms. The first-order valence-electron chi connectivity index (χ1n) is 16.3. The molecule has 2 heteroatoms. The molecule has 0 aromatic heterocycles. The van der Waals surface area contributed by atoms with Gasteiger partial charge in [-0.2, -0.15) is 0 Å². The topological polar surface area (TPSA) is 25.3 Å². The third kappa shape index (κ3) is 9.02. The summed E-state index contributed by atoms with van der Waals surface area (Å²) in [4.78, 5) is 0. The van der Waals surface area contributed by atoms with Crippen molar-refractivity contribution in [2.24, 2.45) is 0 Å². The van der Waals surface area contributed by atoms with Crippen LogP contribution in [0, 0.1) is 0 Å². The number of benzene rings is 2. The highest BCUT2D eigenvalue weighted by atomic mass is 15.2. The normalized spacial score (nSPS) is 13.7. The number of allylic oxidation sites excluding steroid dienone is 2. The second-order valence-corrected chi connectivity index (χ2v) is 11.5. The molecular formula is C37H54N2. The van der Waals surface area contributed by atoms with Crippen LogP contribution in [-0.2, 0) is 12.8 Å². The predicted octanol–water partition coefficient (Wildman–Crippen LogP) is 11.9. The average Bonchev–Trinajstić information content (AvgIpc) is 3.23. The zero-order chi connectivity index (χ0) is 27.9. The molecule has 0 bridgehead atoms. The number of nitrogens with zero attached hydrogens (tertiary/aromatic N) is 2. The molecule has 1 aliphatic heterocycles. The lowest BCUT2D eigenvalue weighted by molar-refractivity contribution is -0.345. The Hall–Kier alpha value is -2.48. The fourth-order valence-corrected chi connectivity index (χ4v) is 5.88. The molecule has 3 rings (SSSR count). The minimum atomic E-state index is 1.01. The van der Waals surface area contributed by atoms with Crippen molar-refractivity contribution in [2.45, 2.75) is 137 Å². The lowest BCUT2D eigenvalue weighted by Gasteiger charge is -2.11. The SMILES string of the molecule is CCCCCCCCc1ccc(C2=C(CCCC)C(CCCCC)=C(c3cccc(CCCC)c3)[N+]2=[N-])cc1. The van der Waals surface area contributed by atoms with Gasteiger partial charge in [-0.25, -0.2) is 4.70 Å². The second-order valence-electron chi connectivity index (χ2n) is 11.5. The number of rotatable bonds is 19. The van der Waals surface area contributed by atoms with Gasteiger partial charge in [0.05, 0.1) is 0 Å². The van der Waals surface area contributed by atoms with E-state index >= 15 is 0 Å². The van der Waals surface area contributed by atoms with Gasteiger partial charge in [0.15, 0.2) is 0 Å². The number of hydrogen-bond acceptors (Lipinski definition) is 0. The van der Waals surface area contributed by atoms with E-state index in [2.05, 4.69) is 76.2 Å². The van der Waals surface area contributed by atoms with E-state index in [4.69, 9.17) is 0 Å². The van der Waals surface area contributed by atoms with Crippen LogP contribution in [0.25, 0.3) is 16.9 Å². The molecule has 0 saturated carbocycles. The Morgan fingerprint density at radius 1 is 0.487 bits per heavy atom. The van der Waals surface area contributed by atoms with Crippen LogP contribution in [0.5, 0.6) is 0 Å². The quantitative estimate of drug-likeness (QED) is 0.128. The molecule has 212 valence electrons. The summed E-state index contributed by atoms with van der Waals surface area (Å²) in [6.45, 7) is 9.06. The van der Waals surface area contributed by atoms with Gasteiger partial charge in [-0.3, -0.25) is 0 Å². The fraction of sp³-hybridized carbons (Fsp3) is 0.568. The lowest BCUT2D eigenvalue weighted by Crippen LogP contribution is -2.03. The van der Waals surface area contributed by atoms with Gasteiger partial charge in [0.1, 0.15) is 0 Å². The van der Waals surface area contributed by atoms with Gasteiger partial charge in [-0.1, -0.05) is 110 Å². The van der Waals surface area contributed by atoms with E-state index in [1.807, 2.05) is 0 Å². The van der Waals surface area contributed by atoms with E-state index in [0.29, 0.717) is 0 Å². The maximum Gasteiger partial charge on any atom is 0.211 e. The average molecular weight is 527 g/mol. The van der Waals surface area contributed by atoms with Crippen LogP contribution >= 0.6 is 0 Å². The summed E-state index contributed by atoms with van der Waals surface area (Å²) in [5.41, 5.74) is 21.7. The van der Waals surface area contributed by atoms with Gasteiger partial charge in [-0.05, 0) is 86.8 Å². The van der Waals surface area contributed by atoms with Gasteiger partial charge >= 0.3 is 0 Å². The van der Waals surface area contributed by atoms with Crippen LogP contribution in [0.1, 0.15) is 146 Å². The van der Waals surface area contributed by atoms with Crippen molar-refractivity contribution in [1.29, 1.82) is 0 Å². The molecule has 0 N–H and O–H groups in total. The van der Waals surface area contributed by atoms with Crippen molar-refractivity contribution in [2.75, 3.05) is 0 Å². The van der Waals surface area contributed by atoms with Gasteiger partial charge in [0.2, 0.25) is 11.4 Å². The van der Waals surface area contributed by atoms with Crippen molar-refractivity contribution in [3.8, 4) is 0 Å². The molecule has 0 saturated heterocycles. The minimum absolute atomic E-state index is 1.01. The van der Waals surface area contributed by atoms with E-state index in [0.717, 1.165) is 61.0 Å². The minimum Gasteiger partial charge on any atom is -0.493 e. The monoisotopic (exact) mass is 526 g/mol. The van der Waals surface area contributed by atoms with Crippen molar-refractivity contribution in [1.82, 2.24) is 0 Å². The summed E-state index contributed by atoms with van der Waals surface area (Å²) in [5, 5.41) is 0. The lowest BCUT2D eigenvalue weighted by atomic mass is 9.91. The third-order valence-electron chi connectivity index (χ3n) is 8.24. The summed E-state index contributed by atoms with van der Waals surface area (Å²) in [7, 11) is 0. The van der Waals surface area contributed by atoms with Crippen molar-refractivity contribution in [3.63, 3.8) is 0 Å². The largest absolute Gasteiger partial charge is 0.493 e. The highest BCUT2D eigenvalue weighted by molar-refractivity contribution is 5.82. The number of aryl methyl sites for hydroxylation is 2. The Morgan fingerprint density at radius 3 is 1.69 bits per heavy atom. The first-order chi connectivity index (χ1) is 19.1. The van der Waals surface area contributed by atoms with E-state index < -0.39 is 0 Å².